The minimum Gasteiger partial charge on any atom is -0.492 e. The van der Waals surface area contributed by atoms with Crippen LogP contribution in [0, 0.1) is 5.92 Å². The summed E-state index contributed by atoms with van der Waals surface area (Å²) in [4.78, 5) is 11.4. The second-order valence-corrected chi connectivity index (χ2v) is 6.10. The molecular weight excluding hydrogens is 254 g/mol. The summed E-state index contributed by atoms with van der Waals surface area (Å²) < 4.78 is 11.3. The molecule has 1 fully saturated rings. The van der Waals surface area contributed by atoms with E-state index in [2.05, 4.69) is 5.32 Å². The van der Waals surface area contributed by atoms with Crippen molar-refractivity contribution >= 4 is 5.91 Å². The standard InChI is InChI=1S/C16H23NO3/c1-16(2,3)20-14-8-6-13(7-9-14)19-11-10-17-15(18)12-4-5-12/h6-9,12H,4-5,10-11H2,1-3H3,(H,17,18). The van der Waals surface area contributed by atoms with Crippen LogP contribution in [0.25, 0.3) is 0 Å². The first kappa shape index (κ1) is 14.7. The van der Waals surface area contributed by atoms with Crippen molar-refractivity contribution in [2.75, 3.05) is 13.2 Å². The lowest BCUT2D eigenvalue weighted by Crippen LogP contribution is -2.29. The van der Waals surface area contributed by atoms with Gasteiger partial charge in [0.15, 0.2) is 0 Å². The monoisotopic (exact) mass is 277 g/mol. The van der Waals surface area contributed by atoms with E-state index >= 15 is 0 Å². The van der Waals surface area contributed by atoms with Crippen molar-refractivity contribution in [3.05, 3.63) is 24.3 Å². The topological polar surface area (TPSA) is 47.6 Å². The molecule has 1 amide bonds. The highest BCUT2D eigenvalue weighted by Crippen LogP contribution is 2.28. The van der Waals surface area contributed by atoms with Crippen molar-refractivity contribution in [3.8, 4) is 11.5 Å². The van der Waals surface area contributed by atoms with Gasteiger partial charge in [0.1, 0.15) is 23.7 Å². The summed E-state index contributed by atoms with van der Waals surface area (Å²) in [6, 6.07) is 7.54. The van der Waals surface area contributed by atoms with Crippen LogP contribution in [0.1, 0.15) is 33.6 Å². The average Bonchev–Trinajstić information content (AvgIpc) is 3.18. The average molecular weight is 277 g/mol. The van der Waals surface area contributed by atoms with Crippen molar-refractivity contribution < 1.29 is 14.3 Å². The van der Waals surface area contributed by atoms with Gasteiger partial charge in [-0.1, -0.05) is 0 Å². The number of benzene rings is 1. The lowest BCUT2D eigenvalue weighted by atomic mass is 10.2. The SMILES string of the molecule is CC(C)(C)Oc1ccc(OCCNC(=O)C2CC2)cc1. The molecule has 0 atom stereocenters. The van der Waals surface area contributed by atoms with Crippen LogP contribution < -0.4 is 14.8 Å². The van der Waals surface area contributed by atoms with Crippen LogP contribution >= 0.6 is 0 Å². The van der Waals surface area contributed by atoms with E-state index in [0.717, 1.165) is 24.3 Å². The van der Waals surface area contributed by atoms with Crippen LogP contribution in [-0.2, 0) is 4.79 Å². The number of nitrogens with one attached hydrogen (secondary N) is 1. The first-order chi connectivity index (χ1) is 9.44. The molecule has 0 radical (unpaired) electrons. The first-order valence-corrected chi connectivity index (χ1v) is 7.14. The molecule has 0 heterocycles. The van der Waals surface area contributed by atoms with Gasteiger partial charge in [-0.3, -0.25) is 4.79 Å². The molecule has 1 aliphatic carbocycles. The Morgan fingerprint density at radius 1 is 1.20 bits per heavy atom. The predicted octanol–water partition coefficient (Wildman–Crippen LogP) is 2.77. The number of carbonyl (C=O) groups is 1. The van der Waals surface area contributed by atoms with Gasteiger partial charge in [-0.15, -0.1) is 0 Å². The van der Waals surface area contributed by atoms with E-state index < -0.39 is 0 Å². The molecule has 2 rings (SSSR count). The molecular formula is C16H23NO3. The minimum absolute atomic E-state index is 0.155. The Bertz CT molecular complexity index is 444. The summed E-state index contributed by atoms with van der Waals surface area (Å²) in [6.45, 7) is 7.08. The molecule has 0 saturated heterocycles. The third kappa shape index (κ3) is 5.11. The maximum absolute atomic E-state index is 11.4. The van der Waals surface area contributed by atoms with E-state index in [1.165, 1.54) is 0 Å². The van der Waals surface area contributed by atoms with Crippen molar-refractivity contribution in [1.82, 2.24) is 5.32 Å². The van der Waals surface area contributed by atoms with Gasteiger partial charge in [0.05, 0.1) is 6.54 Å². The highest BCUT2D eigenvalue weighted by atomic mass is 16.5. The predicted molar refractivity (Wildman–Crippen MR) is 78.1 cm³/mol. The third-order valence-electron chi connectivity index (χ3n) is 2.87. The summed E-state index contributed by atoms with van der Waals surface area (Å²) in [6.07, 6.45) is 2.06. The van der Waals surface area contributed by atoms with Crippen LogP contribution in [0.3, 0.4) is 0 Å². The summed E-state index contributed by atoms with van der Waals surface area (Å²) in [7, 11) is 0. The molecule has 1 saturated carbocycles. The van der Waals surface area contributed by atoms with Crippen LogP contribution in [0.2, 0.25) is 0 Å². The van der Waals surface area contributed by atoms with Crippen LogP contribution in [0.15, 0.2) is 24.3 Å². The molecule has 110 valence electrons. The van der Waals surface area contributed by atoms with E-state index in [9.17, 15) is 4.79 Å². The molecule has 0 spiro atoms. The van der Waals surface area contributed by atoms with Crippen molar-refractivity contribution in [3.63, 3.8) is 0 Å². The number of hydrogen-bond acceptors (Lipinski definition) is 3. The fourth-order valence-corrected chi connectivity index (χ4v) is 1.79. The molecule has 0 aromatic heterocycles. The zero-order valence-electron chi connectivity index (χ0n) is 12.4. The van der Waals surface area contributed by atoms with Crippen LogP contribution in [0.5, 0.6) is 11.5 Å². The van der Waals surface area contributed by atoms with Gasteiger partial charge in [0.2, 0.25) is 5.91 Å². The molecule has 0 aliphatic heterocycles. The van der Waals surface area contributed by atoms with E-state index in [1.807, 2.05) is 45.0 Å². The molecule has 4 nitrogen and oxygen atoms in total. The van der Waals surface area contributed by atoms with Gasteiger partial charge in [0.25, 0.3) is 0 Å². The number of rotatable bonds is 6. The number of amides is 1. The van der Waals surface area contributed by atoms with Gasteiger partial charge in [0, 0.05) is 5.92 Å². The third-order valence-corrected chi connectivity index (χ3v) is 2.87. The Balaban J connectivity index is 1.69. The molecule has 1 aliphatic rings. The number of carbonyl (C=O) groups excluding carboxylic acids is 1. The van der Waals surface area contributed by atoms with Gasteiger partial charge >= 0.3 is 0 Å². The highest BCUT2D eigenvalue weighted by Gasteiger charge is 2.28. The maximum Gasteiger partial charge on any atom is 0.223 e. The minimum atomic E-state index is -0.199. The highest BCUT2D eigenvalue weighted by molar-refractivity contribution is 5.80. The van der Waals surface area contributed by atoms with E-state index in [-0.39, 0.29) is 17.4 Å². The Morgan fingerprint density at radius 3 is 2.35 bits per heavy atom. The molecule has 1 aromatic rings. The molecule has 0 bridgehead atoms. The molecule has 0 unspecified atom stereocenters. The maximum atomic E-state index is 11.4. The Hall–Kier alpha value is -1.71. The number of hydrogen-bond donors (Lipinski definition) is 1. The normalized spacial score (nSPS) is 14.8. The fraction of sp³-hybridized carbons (Fsp3) is 0.562. The quantitative estimate of drug-likeness (QED) is 0.813. The van der Waals surface area contributed by atoms with Crippen molar-refractivity contribution in [2.24, 2.45) is 5.92 Å². The summed E-state index contributed by atoms with van der Waals surface area (Å²) >= 11 is 0. The smallest absolute Gasteiger partial charge is 0.223 e. The van der Waals surface area contributed by atoms with Crippen molar-refractivity contribution in [1.29, 1.82) is 0 Å². The van der Waals surface area contributed by atoms with Gasteiger partial charge in [-0.2, -0.15) is 0 Å². The molecule has 4 heteroatoms. The van der Waals surface area contributed by atoms with Gasteiger partial charge in [-0.05, 0) is 57.9 Å². The largest absolute Gasteiger partial charge is 0.492 e. The van der Waals surface area contributed by atoms with E-state index in [1.54, 1.807) is 0 Å². The van der Waals surface area contributed by atoms with Crippen LogP contribution in [0.4, 0.5) is 0 Å². The Labute approximate surface area is 120 Å². The Kier molecular flexibility index (Phi) is 4.53. The van der Waals surface area contributed by atoms with Gasteiger partial charge in [-0.25, -0.2) is 0 Å². The zero-order chi connectivity index (χ0) is 14.6. The molecule has 1 aromatic carbocycles. The van der Waals surface area contributed by atoms with Gasteiger partial charge < -0.3 is 14.8 Å². The summed E-state index contributed by atoms with van der Waals surface area (Å²) in [5.74, 6) is 2.02. The molecule has 1 N–H and O–H groups in total. The second kappa shape index (κ2) is 6.16. The lowest BCUT2D eigenvalue weighted by molar-refractivity contribution is -0.122. The van der Waals surface area contributed by atoms with E-state index in [0.29, 0.717) is 13.2 Å². The summed E-state index contributed by atoms with van der Waals surface area (Å²) in [5, 5.41) is 2.87. The molecule has 20 heavy (non-hydrogen) atoms. The Morgan fingerprint density at radius 2 is 1.80 bits per heavy atom. The number of ether oxygens (including phenoxy) is 2. The van der Waals surface area contributed by atoms with E-state index in [4.69, 9.17) is 9.47 Å². The zero-order valence-corrected chi connectivity index (χ0v) is 12.4. The van der Waals surface area contributed by atoms with Crippen molar-refractivity contribution in [2.45, 2.75) is 39.2 Å². The fourth-order valence-electron chi connectivity index (χ4n) is 1.79. The second-order valence-electron chi connectivity index (χ2n) is 6.10. The summed E-state index contributed by atoms with van der Waals surface area (Å²) in [5.41, 5.74) is -0.199. The van der Waals surface area contributed by atoms with Crippen LogP contribution in [-0.4, -0.2) is 24.7 Å². The first-order valence-electron chi connectivity index (χ1n) is 7.14. The lowest BCUT2D eigenvalue weighted by Gasteiger charge is -2.21.